The molecule has 4 heteroatoms. The first-order chi connectivity index (χ1) is 13.2. The van der Waals surface area contributed by atoms with Gasteiger partial charge in [0, 0.05) is 40.7 Å². The van der Waals surface area contributed by atoms with Crippen LogP contribution in [0.5, 0.6) is 0 Å². The summed E-state index contributed by atoms with van der Waals surface area (Å²) in [6.45, 7) is 5.61. The number of benzene rings is 2. The Morgan fingerprint density at radius 1 is 1.11 bits per heavy atom. The van der Waals surface area contributed by atoms with Crippen molar-refractivity contribution < 1.29 is 0 Å². The topological polar surface area (TPSA) is 6.48 Å². The molecule has 2 aromatic carbocycles. The van der Waals surface area contributed by atoms with E-state index < -0.39 is 0 Å². The van der Waals surface area contributed by atoms with Crippen LogP contribution < -0.4 is 4.90 Å². The Bertz CT molecular complexity index is 773. The number of hydrogen-bond acceptors (Lipinski definition) is 3. The summed E-state index contributed by atoms with van der Waals surface area (Å²) in [7, 11) is 0. The number of halogens is 1. The van der Waals surface area contributed by atoms with E-state index in [1.54, 1.807) is 5.56 Å². The molecule has 0 aromatic heterocycles. The molecule has 0 N–H and O–H groups in total. The monoisotopic (exact) mass is 444 g/mol. The van der Waals surface area contributed by atoms with Crippen molar-refractivity contribution in [2.45, 2.75) is 62.9 Å². The first-order valence-electron chi connectivity index (χ1n) is 10.3. The zero-order valence-electron chi connectivity index (χ0n) is 16.2. The number of nitrogens with zero attached hydrogens (tertiary/aromatic N) is 2. The van der Waals surface area contributed by atoms with Gasteiger partial charge in [0.05, 0.1) is 0 Å². The predicted molar refractivity (Wildman–Crippen MR) is 120 cm³/mol. The molecule has 2 nitrogen and oxygen atoms in total. The first kappa shape index (κ1) is 19.4. The lowest BCUT2D eigenvalue weighted by Gasteiger charge is -2.32. The van der Waals surface area contributed by atoms with E-state index in [-0.39, 0.29) is 0 Å². The highest BCUT2D eigenvalue weighted by Gasteiger charge is 2.24. The van der Waals surface area contributed by atoms with Crippen molar-refractivity contribution in [2.75, 3.05) is 18.0 Å². The van der Waals surface area contributed by atoms with Crippen LogP contribution in [-0.2, 0) is 13.0 Å². The predicted octanol–water partition coefficient (Wildman–Crippen LogP) is 6.67. The zero-order chi connectivity index (χ0) is 18.6. The van der Waals surface area contributed by atoms with Gasteiger partial charge in [-0.2, -0.15) is 0 Å². The van der Waals surface area contributed by atoms with Crippen molar-refractivity contribution in [3.8, 4) is 0 Å². The molecular formula is C23H29BrN2S. The molecule has 0 unspecified atom stereocenters. The highest BCUT2D eigenvalue weighted by atomic mass is 79.9. The molecule has 1 aliphatic carbocycles. The molecule has 0 radical (unpaired) electrons. The molecule has 0 amide bonds. The molecule has 0 bridgehead atoms. The molecule has 2 aromatic rings. The second-order valence-electron chi connectivity index (χ2n) is 7.71. The van der Waals surface area contributed by atoms with Crippen LogP contribution in [0.2, 0.25) is 0 Å². The van der Waals surface area contributed by atoms with Gasteiger partial charge < -0.3 is 4.90 Å². The average molecular weight is 445 g/mol. The van der Waals surface area contributed by atoms with Gasteiger partial charge in [0.1, 0.15) is 0 Å². The number of hydrogen-bond donors (Lipinski definition) is 0. The van der Waals surface area contributed by atoms with Gasteiger partial charge in [-0.3, -0.25) is 0 Å². The van der Waals surface area contributed by atoms with Gasteiger partial charge in [0.25, 0.3) is 0 Å². The Morgan fingerprint density at radius 3 is 2.74 bits per heavy atom. The normalized spacial score (nSPS) is 17.5. The van der Waals surface area contributed by atoms with Gasteiger partial charge in [0.15, 0.2) is 0 Å². The maximum atomic E-state index is 3.62. The van der Waals surface area contributed by atoms with Crippen LogP contribution in [0, 0.1) is 0 Å². The van der Waals surface area contributed by atoms with E-state index in [2.05, 4.69) is 74.5 Å². The molecule has 1 fully saturated rings. The third-order valence-corrected chi connectivity index (χ3v) is 7.45. The molecule has 1 saturated carbocycles. The maximum Gasteiger partial charge on any atom is 0.0398 e. The van der Waals surface area contributed by atoms with Crippen LogP contribution >= 0.6 is 27.9 Å². The molecule has 2 aliphatic rings. The lowest BCUT2D eigenvalue weighted by Crippen LogP contribution is -2.29. The zero-order valence-corrected chi connectivity index (χ0v) is 18.6. The number of rotatable bonds is 6. The standard InChI is InChI=1S/C23H29BrN2S/c1-2-25-14-6-7-19-15-18(12-13-23(19)25)17-26(21-9-3-4-10-21)27-22-11-5-8-20(24)16-22/h5,8,11-13,15-16,21H,2-4,6-7,9-10,14,17H2,1H3. The van der Waals surface area contributed by atoms with Crippen molar-refractivity contribution in [3.05, 3.63) is 58.1 Å². The molecule has 4 rings (SSSR count). The summed E-state index contributed by atoms with van der Waals surface area (Å²) in [6.07, 6.45) is 7.90. The van der Waals surface area contributed by atoms with E-state index in [1.165, 1.54) is 61.2 Å². The lowest BCUT2D eigenvalue weighted by molar-refractivity contribution is 0.350. The van der Waals surface area contributed by atoms with E-state index in [0.717, 1.165) is 17.6 Å². The highest BCUT2D eigenvalue weighted by Crippen LogP contribution is 2.36. The smallest absolute Gasteiger partial charge is 0.0398 e. The molecule has 144 valence electrons. The van der Waals surface area contributed by atoms with Gasteiger partial charge >= 0.3 is 0 Å². The van der Waals surface area contributed by atoms with E-state index >= 15 is 0 Å². The van der Waals surface area contributed by atoms with Crippen molar-refractivity contribution >= 4 is 33.6 Å². The molecule has 1 heterocycles. The van der Waals surface area contributed by atoms with Gasteiger partial charge in [-0.25, -0.2) is 4.31 Å². The summed E-state index contributed by atoms with van der Waals surface area (Å²) in [5, 5.41) is 0. The third-order valence-electron chi connectivity index (χ3n) is 5.83. The molecule has 0 saturated heterocycles. The minimum absolute atomic E-state index is 0.692. The van der Waals surface area contributed by atoms with E-state index in [9.17, 15) is 0 Å². The third kappa shape index (κ3) is 4.72. The van der Waals surface area contributed by atoms with Gasteiger partial charge in [-0.1, -0.05) is 47.0 Å². The fourth-order valence-electron chi connectivity index (χ4n) is 4.42. The Kier molecular flexibility index (Phi) is 6.46. The number of anilines is 1. The lowest BCUT2D eigenvalue weighted by atomic mass is 9.99. The first-order valence-corrected chi connectivity index (χ1v) is 11.9. The van der Waals surface area contributed by atoms with Crippen LogP contribution in [0.25, 0.3) is 0 Å². The summed E-state index contributed by atoms with van der Waals surface area (Å²) in [5.74, 6) is 0. The van der Waals surface area contributed by atoms with Crippen LogP contribution in [0.3, 0.4) is 0 Å². The van der Waals surface area contributed by atoms with Gasteiger partial charge in [-0.05, 0) is 79.9 Å². The van der Waals surface area contributed by atoms with Crippen molar-refractivity contribution in [3.63, 3.8) is 0 Å². The van der Waals surface area contributed by atoms with E-state index in [1.807, 2.05) is 11.9 Å². The summed E-state index contributed by atoms with van der Waals surface area (Å²) in [6, 6.07) is 16.6. The van der Waals surface area contributed by atoms with Crippen LogP contribution in [-0.4, -0.2) is 23.4 Å². The number of fused-ring (bicyclic) bond motifs is 1. The molecule has 0 spiro atoms. The Hall–Kier alpha value is -0.970. The SMILES string of the molecule is CCN1CCCc2cc(CN(Sc3cccc(Br)c3)C3CCCC3)ccc21. The largest absolute Gasteiger partial charge is 0.372 e. The quantitative estimate of drug-likeness (QED) is 0.459. The van der Waals surface area contributed by atoms with Crippen LogP contribution in [0.15, 0.2) is 51.8 Å². The molecule has 0 atom stereocenters. The Morgan fingerprint density at radius 2 is 1.96 bits per heavy atom. The summed E-state index contributed by atoms with van der Waals surface area (Å²) in [5.41, 5.74) is 4.46. The van der Waals surface area contributed by atoms with E-state index in [4.69, 9.17) is 0 Å². The molecule has 27 heavy (non-hydrogen) atoms. The summed E-state index contributed by atoms with van der Waals surface area (Å²) < 4.78 is 3.80. The summed E-state index contributed by atoms with van der Waals surface area (Å²) in [4.78, 5) is 3.85. The summed E-state index contributed by atoms with van der Waals surface area (Å²) >= 11 is 5.55. The fraction of sp³-hybridized carbons (Fsp3) is 0.478. The second-order valence-corrected chi connectivity index (χ2v) is 9.75. The fourth-order valence-corrected chi connectivity index (χ4v) is 6.14. The molecular weight excluding hydrogens is 416 g/mol. The Balaban J connectivity index is 1.54. The van der Waals surface area contributed by atoms with Crippen molar-refractivity contribution in [1.82, 2.24) is 4.31 Å². The van der Waals surface area contributed by atoms with E-state index in [0.29, 0.717) is 6.04 Å². The van der Waals surface area contributed by atoms with Crippen LogP contribution in [0.4, 0.5) is 5.69 Å². The second kappa shape index (κ2) is 9.02. The maximum absolute atomic E-state index is 3.62. The highest BCUT2D eigenvalue weighted by molar-refractivity contribution is 9.10. The van der Waals surface area contributed by atoms with Crippen molar-refractivity contribution in [1.29, 1.82) is 0 Å². The number of aryl methyl sites for hydroxylation is 1. The van der Waals surface area contributed by atoms with Crippen molar-refractivity contribution in [2.24, 2.45) is 0 Å². The minimum atomic E-state index is 0.692. The Labute approximate surface area is 176 Å². The minimum Gasteiger partial charge on any atom is -0.372 e. The van der Waals surface area contributed by atoms with Crippen LogP contribution in [0.1, 0.15) is 50.2 Å². The average Bonchev–Trinajstić information content (AvgIpc) is 3.21. The molecule has 1 aliphatic heterocycles. The van der Waals surface area contributed by atoms with Gasteiger partial charge in [0.2, 0.25) is 0 Å². The van der Waals surface area contributed by atoms with Gasteiger partial charge in [-0.15, -0.1) is 0 Å².